The van der Waals surface area contributed by atoms with Crippen LogP contribution in [0.2, 0.25) is 0 Å². The van der Waals surface area contributed by atoms with E-state index in [1.54, 1.807) is 18.6 Å². The van der Waals surface area contributed by atoms with E-state index in [0.717, 1.165) is 32.4 Å². The molecule has 0 atom stereocenters. The number of carbonyl (C=O) groups is 1. The largest absolute Gasteiger partial charge is 0.337 e. The van der Waals surface area contributed by atoms with Gasteiger partial charge in [-0.25, -0.2) is 4.98 Å². The van der Waals surface area contributed by atoms with Crippen LogP contribution >= 0.6 is 0 Å². The van der Waals surface area contributed by atoms with Crippen LogP contribution in [0.25, 0.3) is 0 Å². The van der Waals surface area contributed by atoms with Crippen LogP contribution in [0.5, 0.6) is 0 Å². The molecule has 3 rings (SSSR count). The molecule has 1 amide bonds. The van der Waals surface area contributed by atoms with E-state index in [0.29, 0.717) is 11.6 Å². The molecule has 0 saturated carbocycles. The second-order valence-corrected chi connectivity index (χ2v) is 5.85. The molecule has 1 fully saturated rings. The quantitative estimate of drug-likeness (QED) is 0.871. The standard InChI is InChI=1S/C18H21N3O/c22-18(17-14-19-10-11-20-17)21-12-8-16(9-13-21)7-6-15-4-2-1-3-5-15/h1-5,10-11,14,16H,6-9,12-13H2. The molecule has 0 unspecified atom stereocenters. The lowest BCUT2D eigenvalue weighted by atomic mass is 9.90. The highest BCUT2D eigenvalue weighted by Gasteiger charge is 2.24. The molecule has 0 bridgehead atoms. The van der Waals surface area contributed by atoms with E-state index in [-0.39, 0.29) is 5.91 Å². The van der Waals surface area contributed by atoms with E-state index in [2.05, 4.69) is 40.3 Å². The van der Waals surface area contributed by atoms with E-state index in [1.165, 1.54) is 12.0 Å². The van der Waals surface area contributed by atoms with Gasteiger partial charge in [-0.2, -0.15) is 0 Å². The normalized spacial score (nSPS) is 15.7. The van der Waals surface area contributed by atoms with E-state index < -0.39 is 0 Å². The molecule has 2 aromatic rings. The minimum Gasteiger partial charge on any atom is -0.337 e. The number of amides is 1. The van der Waals surface area contributed by atoms with Crippen LogP contribution in [-0.2, 0) is 6.42 Å². The minimum absolute atomic E-state index is 0.00890. The summed E-state index contributed by atoms with van der Waals surface area (Å²) < 4.78 is 0. The highest BCUT2D eigenvalue weighted by Crippen LogP contribution is 2.23. The number of hydrogen-bond acceptors (Lipinski definition) is 3. The number of nitrogens with zero attached hydrogens (tertiary/aromatic N) is 3. The van der Waals surface area contributed by atoms with Crippen molar-refractivity contribution >= 4 is 5.91 Å². The topological polar surface area (TPSA) is 46.1 Å². The van der Waals surface area contributed by atoms with E-state index >= 15 is 0 Å². The summed E-state index contributed by atoms with van der Waals surface area (Å²) >= 11 is 0. The smallest absolute Gasteiger partial charge is 0.274 e. The zero-order chi connectivity index (χ0) is 15.2. The molecular weight excluding hydrogens is 274 g/mol. The summed E-state index contributed by atoms with van der Waals surface area (Å²) in [7, 11) is 0. The van der Waals surface area contributed by atoms with Gasteiger partial charge in [-0.15, -0.1) is 0 Å². The maximum Gasteiger partial charge on any atom is 0.274 e. The van der Waals surface area contributed by atoms with Crippen molar-refractivity contribution in [1.29, 1.82) is 0 Å². The van der Waals surface area contributed by atoms with Gasteiger partial charge in [0, 0.05) is 25.5 Å². The summed E-state index contributed by atoms with van der Waals surface area (Å²) in [5.74, 6) is 0.723. The van der Waals surface area contributed by atoms with Crippen LogP contribution in [0.1, 0.15) is 35.3 Å². The number of hydrogen-bond donors (Lipinski definition) is 0. The first-order valence-electron chi connectivity index (χ1n) is 7.92. The van der Waals surface area contributed by atoms with Gasteiger partial charge in [-0.3, -0.25) is 9.78 Å². The highest BCUT2D eigenvalue weighted by molar-refractivity contribution is 5.91. The Bertz CT molecular complexity index is 592. The third kappa shape index (κ3) is 3.70. The Balaban J connectivity index is 1.47. The Kier molecular flexibility index (Phi) is 4.78. The third-order valence-electron chi connectivity index (χ3n) is 4.37. The molecule has 22 heavy (non-hydrogen) atoms. The van der Waals surface area contributed by atoms with Crippen LogP contribution in [0.15, 0.2) is 48.9 Å². The van der Waals surface area contributed by atoms with Gasteiger partial charge in [0.25, 0.3) is 5.91 Å². The van der Waals surface area contributed by atoms with Crippen molar-refractivity contribution in [2.45, 2.75) is 25.7 Å². The Morgan fingerprint density at radius 2 is 1.91 bits per heavy atom. The molecule has 4 nitrogen and oxygen atoms in total. The number of aromatic nitrogens is 2. The van der Waals surface area contributed by atoms with Gasteiger partial charge < -0.3 is 4.90 Å². The molecule has 4 heteroatoms. The van der Waals surface area contributed by atoms with Crippen molar-refractivity contribution in [3.8, 4) is 0 Å². The summed E-state index contributed by atoms with van der Waals surface area (Å²) in [5.41, 5.74) is 1.85. The molecular formula is C18H21N3O. The van der Waals surface area contributed by atoms with E-state index in [1.807, 2.05) is 4.90 Å². The number of carbonyl (C=O) groups excluding carboxylic acids is 1. The van der Waals surface area contributed by atoms with Crippen LogP contribution in [0, 0.1) is 5.92 Å². The molecule has 1 aromatic heterocycles. The average molecular weight is 295 g/mol. The lowest BCUT2D eigenvalue weighted by molar-refractivity contribution is 0.0680. The monoisotopic (exact) mass is 295 g/mol. The predicted molar refractivity (Wildman–Crippen MR) is 85.4 cm³/mol. The number of piperidine rings is 1. The number of rotatable bonds is 4. The molecule has 1 aliphatic heterocycles. The summed E-state index contributed by atoms with van der Waals surface area (Å²) in [6.07, 6.45) is 9.20. The zero-order valence-electron chi connectivity index (χ0n) is 12.7. The van der Waals surface area contributed by atoms with Gasteiger partial charge in [-0.05, 0) is 37.2 Å². The minimum atomic E-state index is 0.00890. The molecule has 0 radical (unpaired) electrons. The van der Waals surface area contributed by atoms with Gasteiger partial charge in [-0.1, -0.05) is 30.3 Å². The van der Waals surface area contributed by atoms with Crippen molar-refractivity contribution in [1.82, 2.24) is 14.9 Å². The van der Waals surface area contributed by atoms with E-state index in [9.17, 15) is 4.79 Å². The molecule has 0 N–H and O–H groups in total. The van der Waals surface area contributed by atoms with Gasteiger partial charge in [0.2, 0.25) is 0 Å². The predicted octanol–water partition coefficient (Wildman–Crippen LogP) is 2.96. The zero-order valence-corrected chi connectivity index (χ0v) is 12.7. The fourth-order valence-corrected chi connectivity index (χ4v) is 3.01. The maximum absolute atomic E-state index is 12.3. The van der Waals surface area contributed by atoms with Crippen molar-refractivity contribution in [2.24, 2.45) is 5.92 Å². The van der Waals surface area contributed by atoms with E-state index in [4.69, 9.17) is 0 Å². The summed E-state index contributed by atoms with van der Waals surface area (Å²) in [6, 6.07) is 10.6. The van der Waals surface area contributed by atoms with Crippen molar-refractivity contribution in [3.05, 3.63) is 60.2 Å². The second kappa shape index (κ2) is 7.16. The van der Waals surface area contributed by atoms with Crippen molar-refractivity contribution in [2.75, 3.05) is 13.1 Å². The maximum atomic E-state index is 12.3. The Labute approximate surface area is 131 Å². The lowest BCUT2D eigenvalue weighted by Crippen LogP contribution is -2.39. The first-order chi connectivity index (χ1) is 10.8. The first-order valence-corrected chi connectivity index (χ1v) is 7.92. The highest BCUT2D eigenvalue weighted by atomic mass is 16.2. The summed E-state index contributed by atoms with van der Waals surface area (Å²) in [4.78, 5) is 22.3. The van der Waals surface area contributed by atoms with Gasteiger partial charge in [0.05, 0.1) is 6.20 Å². The van der Waals surface area contributed by atoms with Gasteiger partial charge in [0.1, 0.15) is 5.69 Å². The molecule has 114 valence electrons. The fraction of sp³-hybridized carbons (Fsp3) is 0.389. The molecule has 1 aliphatic rings. The fourth-order valence-electron chi connectivity index (χ4n) is 3.01. The van der Waals surface area contributed by atoms with Crippen molar-refractivity contribution < 1.29 is 4.79 Å². The van der Waals surface area contributed by atoms with Crippen LogP contribution in [0.3, 0.4) is 0 Å². The first kappa shape index (κ1) is 14.7. The third-order valence-corrected chi connectivity index (χ3v) is 4.37. The average Bonchev–Trinajstić information content (AvgIpc) is 2.61. The number of likely N-dealkylation sites (tertiary alicyclic amines) is 1. The van der Waals surface area contributed by atoms with Gasteiger partial charge >= 0.3 is 0 Å². The summed E-state index contributed by atoms with van der Waals surface area (Å²) in [6.45, 7) is 1.66. The molecule has 0 aliphatic carbocycles. The SMILES string of the molecule is O=C(c1cnccn1)N1CCC(CCc2ccccc2)CC1. The van der Waals surface area contributed by atoms with Crippen LogP contribution in [-0.4, -0.2) is 33.9 Å². The van der Waals surface area contributed by atoms with Crippen LogP contribution in [0.4, 0.5) is 0 Å². The van der Waals surface area contributed by atoms with Crippen molar-refractivity contribution in [3.63, 3.8) is 0 Å². The summed E-state index contributed by atoms with van der Waals surface area (Å²) in [5, 5.41) is 0. The number of aryl methyl sites for hydroxylation is 1. The van der Waals surface area contributed by atoms with Gasteiger partial charge in [0.15, 0.2) is 0 Å². The van der Waals surface area contributed by atoms with Crippen LogP contribution < -0.4 is 0 Å². The number of benzene rings is 1. The Morgan fingerprint density at radius 3 is 2.59 bits per heavy atom. The Morgan fingerprint density at radius 1 is 1.14 bits per heavy atom. The lowest BCUT2D eigenvalue weighted by Gasteiger charge is -2.31. The Hall–Kier alpha value is -2.23. The molecule has 1 saturated heterocycles. The molecule has 0 spiro atoms. The molecule has 2 heterocycles. The molecule has 1 aromatic carbocycles. The second-order valence-electron chi connectivity index (χ2n) is 5.85.